The van der Waals surface area contributed by atoms with Crippen LogP contribution >= 0.6 is 0 Å². The molecule has 0 aliphatic carbocycles. The van der Waals surface area contributed by atoms with Crippen molar-refractivity contribution in [2.45, 2.75) is 42.4 Å². The first-order chi connectivity index (χ1) is 10.2. The number of carbonyl (C=O) groups excluding carboxylic acids is 1. The molecule has 0 radical (unpaired) electrons. The number of sulfone groups is 1. The third-order valence-electron chi connectivity index (χ3n) is 4.54. The second-order valence-electron chi connectivity index (χ2n) is 5.87. The van der Waals surface area contributed by atoms with Gasteiger partial charge in [-0.2, -0.15) is 13.2 Å². The summed E-state index contributed by atoms with van der Waals surface area (Å²) in [6.07, 6.45) is -2.14. The fourth-order valence-corrected chi connectivity index (χ4v) is 5.87. The van der Waals surface area contributed by atoms with Crippen molar-refractivity contribution in [2.75, 3.05) is 0 Å². The number of ketones is 1. The van der Waals surface area contributed by atoms with Gasteiger partial charge in [-0.05, 0) is 37.8 Å². The number of hydrogen-bond acceptors (Lipinski definition) is 4. The van der Waals surface area contributed by atoms with Gasteiger partial charge in [0.05, 0.1) is 10.5 Å². The van der Waals surface area contributed by atoms with E-state index in [1.54, 1.807) is 0 Å². The average molecular weight is 333 g/mol. The van der Waals surface area contributed by atoms with Crippen LogP contribution in [0.4, 0.5) is 13.2 Å². The topological polar surface area (TPSA) is 64.1 Å². The molecule has 1 aromatic heterocycles. The maximum Gasteiger partial charge on any atom is 0.433 e. The highest BCUT2D eigenvalue weighted by atomic mass is 32.2. The first-order valence-electron chi connectivity index (χ1n) is 7.00. The quantitative estimate of drug-likeness (QED) is 0.781. The Hall–Kier alpha value is -1.44. The molecule has 0 aromatic carbocycles. The van der Waals surface area contributed by atoms with E-state index in [1.807, 2.05) is 0 Å². The zero-order chi connectivity index (χ0) is 16.1. The molecule has 8 heteroatoms. The monoisotopic (exact) mass is 333 g/mol. The standard InChI is InChI=1S/C14H14F3NO3S/c15-14(16,17)12-7-8(3-4-18-12)13(19)9-5-10-1-2-11(6-9)22(10,20)21/h3-4,7,9-11H,1-2,5-6H2. The Morgan fingerprint density at radius 3 is 2.32 bits per heavy atom. The summed E-state index contributed by atoms with van der Waals surface area (Å²) in [7, 11) is -3.15. The summed E-state index contributed by atoms with van der Waals surface area (Å²) in [5, 5.41) is -1.05. The molecular formula is C14H14F3NO3S. The number of nitrogens with zero attached hydrogens (tertiary/aromatic N) is 1. The fraction of sp³-hybridized carbons (Fsp3) is 0.571. The van der Waals surface area contributed by atoms with Crippen LogP contribution in [0.5, 0.6) is 0 Å². The van der Waals surface area contributed by atoms with Crippen LogP contribution < -0.4 is 0 Å². The van der Waals surface area contributed by atoms with E-state index in [4.69, 9.17) is 0 Å². The molecule has 2 aliphatic rings. The van der Waals surface area contributed by atoms with Crippen molar-refractivity contribution in [3.05, 3.63) is 29.6 Å². The maximum atomic E-state index is 12.7. The van der Waals surface area contributed by atoms with Gasteiger partial charge in [0.2, 0.25) is 0 Å². The number of alkyl halides is 3. The minimum Gasteiger partial charge on any atom is -0.294 e. The van der Waals surface area contributed by atoms with Crippen molar-refractivity contribution in [1.29, 1.82) is 0 Å². The fourth-order valence-electron chi connectivity index (χ4n) is 3.40. The van der Waals surface area contributed by atoms with Gasteiger partial charge in [-0.15, -0.1) is 0 Å². The molecule has 22 heavy (non-hydrogen) atoms. The van der Waals surface area contributed by atoms with E-state index in [0.717, 1.165) is 12.3 Å². The second-order valence-corrected chi connectivity index (χ2v) is 8.38. The summed E-state index contributed by atoms with van der Waals surface area (Å²) in [5.74, 6) is -0.941. The van der Waals surface area contributed by atoms with Gasteiger partial charge in [-0.25, -0.2) is 8.42 Å². The van der Waals surface area contributed by atoms with Crippen LogP contribution in [0.25, 0.3) is 0 Å². The van der Waals surface area contributed by atoms with Crippen LogP contribution in [0.15, 0.2) is 18.3 Å². The predicted octanol–water partition coefficient (Wildman–Crippen LogP) is 2.64. The Bertz CT molecular complexity index is 694. The Kier molecular flexibility index (Phi) is 3.54. The molecule has 2 aliphatic heterocycles. The average Bonchev–Trinajstić information content (AvgIpc) is 2.66. The van der Waals surface area contributed by atoms with E-state index < -0.39 is 43.9 Å². The van der Waals surface area contributed by atoms with Crippen LogP contribution in [0.3, 0.4) is 0 Å². The molecule has 2 bridgehead atoms. The van der Waals surface area contributed by atoms with E-state index in [9.17, 15) is 26.4 Å². The van der Waals surface area contributed by atoms with E-state index in [1.165, 1.54) is 6.07 Å². The number of Topliss-reactive ketones (excluding diaryl/α,β-unsaturated/α-hetero) is 1. The smallest absolute Gasteiger partial charge is 0.294 e. The zero-order valence-corrected chi connectivity index (χ0v) is 12.3. The molecule has 120 valence electrons. The zero-order valence-electron chi connectivity index (χ0n) is 11.5. The lowest BCUT2D eigenvalue weighted by atomic mass is 9.90. The molecule has 0 amide bonds. The normalized spacial score (nSPS) is 30.2. The summed E-state index contributed by atoms with van der Waals surface area (Å²) in [5.41, 5.74) is -1.16. The molecule has 0 spiro atoms. The number of rotatable bonds is 2. The number of aromatic nitrogens is 1. The minimum absolute atomic E-state index is 0.0500. The van der Waals surface area contributed by atoms with Gasteiger partial charge in [0.1, 0.15) is 5.69 Å². The van der Waals surface area contributed by atoms with Crippen molar-refractivity contribution in [1.82, 2.24) is 4.98 Å². The molecule has 4 nitrogen and oxygen atoms in total. The number of pyridine rings is 1. The summed E-state index contributed by atoms with van der Waals surface area (Å²) < 4.78 is 62.0. The van der Waals surface area contributed by atoms with Gasteiger partial charge in [-0.3, -0.25) is 9.78 Å². The van der Waals surface area contributed by atoms with E-state index >= 15 is 0 Å². The van der Waals surface area contributed by atoms with Crippen LogP contribution in [-0.2, 0) is 16.0 Å². The van der Waals surface area contributed by atoms with Crippen LogP contribution in [0, 0.1) is 5.92 Å². The van der Waals surface area contributed by atoms with Gasteiger partial charge < -0.3 is 0 Å². The Labute approximate surface area is 125 Å². The third kappa shape index (κ3) is 2.53. The molecule has 2 atom stereocenters. The molecular weight excluding hydrogens is 319 g/mol. The molecule has 2 unspecified atom stereocenters. The largest absolute Gasteiger partial charge is 0.433 e. The van der Waals surface area contributed by atoms with Crippen molar-refractivity contribution in [3.63, 3.8) is 0 Å². The summed E-state index contributed by atoms with van der Waals surface area (Å²) >= 11 is 0. The lowest BCUT2D eigenvalue weighted by molar-refractivity contribution is -0.141. The second kappa shape index (κ2) is 5.04. The Balaban J connectivity index is 1.84. The van der Waals surface area contributed by atoms with Crippen molar-refractivity contribution in [3.8, 4) is 0 Å². The first kappa shape index (κ1) is 15.5. The summed E-state index contributed by atoms with van der Waals surface area (Å²) in [6.45, 7) is 0. The molecule has 0 N–H and O–H groups in total. The van der Waals surface area contributed by atoms with Crippen molar-refractivity contribution < 1.29 is 26.4 Å². The maximum absolute atomic E-state index is 12.7. The molecule has 3 rings (SSSR count). The number of carbonyl (C=O) groups is 1. The van der Waals surface area contributed by atoms with Crippen LogP contribution in [-0.4, -0.2) is 29.7 Å². The summed E-state index contributed by atoms with van der Waals surface area (Å²) in [6, 6.07) is 2.00. The Morgan fingerprint density at radius 2 is 1.77 bits per heavy atom. The molecule has 3 heterocycles. The predicted molar refractivity (Wildman–Crippen MR) is 72.0 cm³/mol. The number of hydrogen-bond donors (Lipinski definition) is 0. The van der Waals surface area contributed by atoms with E-state index in [-0.39, 0.29) is 18.4 Å². The lowest BCUT2D eigenvalue weighted by Gasteiger charge is -2.27. The number of fused-ring (bicyclic) bond motifs is 2. The highest BCUT2D eigenvalue weighted by molar-refractivity contribution is 7.93. The lowest BCUT2D eigenvalue weighted by Crippen LogP contribution is -2.36. The summed E-state index contributed by atoms with van der Waals surface area (Å²) in [4.78, 5) is 15.6. The van der Waals surface area contributed by atoms with Crippen LogP contribution in [0.1, 0.15) is 41.7 Å². The van der Waals surface area contributed by atoms with Gasteiger partial charge in [-0.1, -0.05) is 0 Å². The number of halogens is 3. The molecule has 1 aromatic rings. The van der Waals surface area contributed by atoms with Crippen molar-refractivity contribution >= 4 is 15.6 Å². The van der Waals surface area contributed by atoms with Gasteiger partial charge in [0, 0.05) is 17.7 Å². The molecule has 2 saturated heterocycles. The third-order valence-corrected chi connectivity index (χ3v) is 7.26. The Morgan fingerprint density at radius 1 is 1.18 bits per heavy atom. The SMILES string of the molecule is O=C(c1ccnc(C(F)(F)F)c1)C1CC2CCC(C1)S2(=O)=O. The van der Waals surface area contributed by atoms with Crippen LogP contribution in [0.2, 0.25) is 0 Å². The highest BCUT2D eigenvalue weighted by Gasteiger charge is 2.48. The van der Waals surface area contributed by atoms with E-state index in [2.05, 4.69) is 4.98 Å². The minimum atomic E-state index is -4.61. The molecule has 0 saturated carbocycles. The first-order valence-corrected chi connectivity index (χ1v) is 8.60. The van der Waals surface area contributed by atoms with Gasteiger partial charge >= 0.3 is 6.18 Å². The van der Waals surface area contributed by atoms with Gasteiger partial charge in [0.25, 0.3) is 0 Å². The molecule has 2 fully saturated rings. The highest BCUT2D eigenvalue weighted by Crippen LogP contribution is 2.42. The van der Waals surface area contributed by atoms with Gasteiger partial charge in [0.15, 0.2) is 15.6 Å². The van der Waals surface area contributed by atoms with E-state index in [0.29, 0.717) is 12.8 Å². The van der Waals surface area contributed by atoms with Crippen molar-refractivity contribution in [2.24, 2.45) is 5.92 Å².